The number of benzene rings is 1. The van der Waals surface area contributed by atoms with Crippen LogP contribution < -0.4 is 0 Å². The molecule has 1 aromatic carbocycles. The van der Waals surface area contributed by atoms with E-state index in [1.165, 1.54) is 11.3 Å². The first-order chi connectivity index (χ1) is 6.61. The first-order valence-corrected chi connectivity index (χ1v) is 4.97. The van der Waals surface area contributed by atoms with E-state index in [9.17, 15) is 13.9 Å². The molecule has 0 fully saturated rings. The summed E-state index contributed by atoms with van der Waals surface area (Å²) in [7, 11) is 0. The van der Waals surface area contributed by atoms with Crippen LogP contribution in [0.2, 0.25) is 0 Å². The van der Waals surface area contributed by atoms with Gasteiger partial charge in [-0.3, -0.25) is 0 Å². The molecule has 0 radical (unpaired) electrons. The van der Waals surface area contributed by atoms with Gasteiger partial charge in [-0.25, -0.2) is 8.78 Å². The van der Waals surface area contributed by atoms with E-state index in [-0.39, 0.29) is 11.3 Å². The summed E-state index contributed by atoms with van der Waals surface area (Å²) in [5.74, 6) is -0.0675. The molecule has 4 heteroatoms. The van der Waals surface area contributed by atoms with Crippen molar-refractivity contribution in [2.75, 3.05) is 0 Å². The molecule has 0 spiro atoms. The van der Waals surface area contributed by atoms with Crippen molar-refractivity contribution < 1.29 is 13.9 Å². The normalized spacial score (nSPS) is 11.4. The number of alkyl halides is 2. The molecule has 0 saturated heterocycles. The van der Waals surface area contributed by atoms with Gasteiger partial charge in [-0.05, 0) is 30.0 Å². The van der Waals surface area contributed by atoms with E-state index in [0.29, 0.717) is 10.9 Å². The third-order valence-corrected chi connectivity index (χ3v) is 3.28. The number of halogens is 2. The Morgan fingerprint density at radius 1 is 1.43 bits per heavy atom. The van der Waals surface area contributed by atoms with Crippen LogP contribution in [0.15, 0.2) is 17.5 Å². The van der Waals surface area contributed by atoms with Gasteiger partial charge in [0.2, 0.25) is 0 Å². The molecule has 1 nitrogen and oxygen atoms in total. The zero-order valence-corrected chi connectivity index (χ0v) is 8.24. The lowest BCUT2D eigenvalue weighted by Gasteiger charge is -2.07. The lowest BCUT2D eigenvalue weighted by atomic mass is 10.1. The highest BCUT2D eigenvalue weighted by Gasteiger charge is 2.16. The summed E-state index contributed by atoms with van der Waals surface area (Å²) in [4.78, 5) is 0. The Hall–Kier alpha value is -1.16. The van der Waals surface area contributed by atoms with Crippen molar-refractivity contribution in [3.8, 4) is 5.75 Å². The largest absolute Gasteiger partial charge is 0.507 e. The van der Waals surface area contributed by atoms with Crippen LogP contribution in [0.1, 0.15) is 17.6 Å². The van der Waals surface area contributed by atoms with Crippen LogP contribution in [0.25, 0.3) is 10.1 Å². The maximum atomic E-state index is 12.5. The molecule has 1 heterocycles. The number of phenols is 1. The fraction of sp³-hybridized carbons (Fsp3) is 0.200. The number of thiophene rings is 1. The van der Waals surface area contributed by atoms with Crippen molar-refractivity contribution >= 4 is 21.4 Å². The molecule has 74 valence electrons. The van der Waals surface area contributed by atoms with Gasteiger partial charge in [-0.2, -0.15) is 0 Å². The van der Waals surface area contributed by atoms with Crippen LogP contribution in [0.4, 0.5) is 8.78 Å². The predicted octanol–water partition coefficient (Wildman–Crippen LogP) is 3.85. The second-order valence-corrected chi connectivity index (χ2v) is 3.99. The summed E-state index contributed by atoms with van der Waals surface area (Å²) in [6.07, 6.45) is -2.53. The Morgan fingerprint density at radius 3 is 2.79 bits per heavy atom. The monoisotopic (exact) mass is 214 g/mol. The van der Waals surface area contributed by atoms with E-state index in [4.69, 9.17) is 0 Å². The third-order valence-electron chi connectivity index (χ3n) is 2.24. The van der Waals surface area contributed by atoms with Crippen LogP contribution in [0, 0.1) is 6.92 Å². The SMILES string of the molecule is Cc1c(C(F)F)cc(O)c2ccsc12. The van der Waals surface area contributed by atoms with Gasteiger partial charge in [0.05, 0.1) is 0 Å². The second-order valence-electron chi connectivity index (χ2n) is 3.07. The van der Waals surface area contributed by atoms with E-state index in [2.05, 4.69) is 0 Å². The minimum Gasteiger partial charge on any atom is -0.507 e. The summed E-state index contributed by atoms with van der Waals surface area (Å²) in [5, 5.41) is 11.9. The maximum absolute atomic E-state index is 12.5. The predicted molar refractivity (Wildman–Crippen MR) is 53.2 cm³/mol. The Balaban J connectivity index is 2.82. The van der Waals surface area contributed by atoms with E-state index in [1.54, 1.807) is 18.4 Å². The molecule has 1 N–H and O–H groups in total. The maximum Gasteiger partial charge on any atom is 0.264 e. The van der Waals surface area contributed by atoms with Gasteiger partial charge < -0.3 is 5.11 Å². The number of hydrogen-bond acceptors (Lipinski definition) is 2. The zero-order valence-electron chi connectivity index (χ0n) is 7.42. The van der Waals surface area contributed by atoms with Gasteiger partial charge >= 0.3 is 0 Å². The number of fused-ring (bicyclic) bond motifs is 1. The van der Waals surface area contributed by atoms with E-state index in [1.807, 2.05) is 0 Å². The minimum atomic E-state index is -2.53. The number of aromatic hydroxyl groups is 1. The lowest BCUT2D eigenvalue weighted by Crippen LogP contribution is -1.89. The van der Waals surface area contributed by atoms with Crippen LogP contribution >= 0.6 is 11.3 Å². The minimum absolute atomic E-state index is 0.0675. The quantitative estimate of drug-likeness (QED) is 0.764. The molecule has 2 aromatic rings. The van der Waals surface area contributed by atoms with Crippen molar-refractivity contribution in [1.82, 2.24) is 0 Å². The van der Waals surface area contributed by atoms with Gasteiger partial charge in [0, 0.05) is 15.6 Å². The van der Waals surface area contributed by atoms with E-state index in [0.717, 1.165) is 10.8 Å². The van der Waals surface area contributed by atoms with Crippen LogP contribution in [0.3, 0.4) is 0 Å². The zero-order chi connectivity index (χ0) is 10.3. The molecule has 0 aliphatic rings. The van der Waals surface area contributed by atoms with Crippen molar-refractivity contribution in [1.29, 1.82) is 0 Å². The lowest BCUT2D eigenvalue weighted by molar-refractivity contribution is 0.150. The molecule has 0 bridgehead atoms. The van der Waals surface area contributed by atoms with Gasteiger partial charge in [0.25, 0.3) is 6.43 Å². The Labute approximate surface area is 83.6 Å². The molecule has 2 rings (SSSR count). The summed E-state index contributed by atoms with van der Waals surface area (Å²) < 4.78 is 25.8. The highest BCUT2D eigenvalue weighted by Crippen LogP contribution is 2.37. The van der Waals surface area contributed by atoms with Gasteiger partial charge in [0.15, 0.2) is 0 Å². The topological polar surface area (TPSA) is 20.2 Å². The molecule has 0 amide bonds. The molecule has 0 aliphatic carbocycles. The first-order valence-electron chi connectivity index (χ1n) is 4.09. The van der Waals surface area contributed by atoms with Crippen LogP contribution in [-0.4, -0.2) is 5.11 Å². The van der Waals surface area contributed by atoms with Crippen molar-refractivity contribution in [2.24, 2.45) is 0 Å². The molecular weight excluding hydrogens is 206 g/mol. The third kappa shape index (κ3) is 1.26. The Kier molecular flexibility index (Phi) is 2.15. The molecule has 1 aromatic heterocycles. The smallest absolute Gasteiger partial charge is 0.264 e. The molecule has 14 heavy (non-hydrogen) atoms. The van der Waals surface area contributed by atoms with Crippen molar-refractivity contribution in [3.63, 3.8) is 0 Å². The Bertz CT molecular complexity index is 476. The standard InChI is InChI=1S/C10H8F2OS/c1-5-7(10(11)12)4-8(13)6-2-3-14-9(5)6/h2-4,10,13H,1H3. The summed E-state index contributed by atoms with van der Waals surface area (Å²) >= 11 is 1.37. The van der Waals surface area contributed by atoms with Crippen molar-refractivity contribution in [3.05, 3.63) is 28.6 Å². The van der Waals surface area contributed by atoms with Crippen molar-refractivity contribution in [2.45, 2.75) is 13.3 Å². The average molecular weight is 214 g/mol. The Morgan fingerprint density at radius 2 is 2.14 bits per heavy atom. The fourth-order valence-electron chi connectivity index (χ4n) is 1.49. The molecular formula is C10H8F2OS. The highest BCUT2D eigenvalue weighted by atomic mass is 32.1. The number of rotatable bonds is 1. The fourth-order valence-corrected chi connectivity index (χ4v) is 2.43. The average Bonchev–Trinajstić information content (AvgIpc) is 2.59. The molecule has 0 atom stereocenters. The molecule has 0 saturated carbocycles. The number of phenolic OH excluding ortho intramolecular Hbond substituents is 1. The van der Waals surface area contributed by atoms with Gasteiger partial charge in [0.1, 0.15) is 5.75 Å². The number of aryl methyl sites for hydroxylation is 1. The van der Waals surface area contributed by atoms with E-state index < -0.39 is 6.43 Å². The number of hydrogen-bond donors (Lipinski definition) is 1. The summed E-state index contributed by atoms with van der Waals surface area (Å²) in [5.41, 5.74) is 0.472. The summed E-state index contributed by atoms with van der Waals surface area (Å²) in [6, 6.07) is 2.88. The summed E-state index contributed by atoms with van der Waals surface area (Å²) in [6.45, 7) is 1.65. The van der Waals surface area contributed by atoms with Gasteiger partial charge in [-0.1, -0.05) is 0 Å². The van der Waals surface area contributed by atoms with Crippen LogP contribution in [0.5, 0.6) is 5.75 Å². The molecule has 0 unspecified atom stereocenters. The molecule has 0 aliphatic heterocycles. The van der Waals surface area contributed by atoms with E-state index >= 15 is 0 Å². The highest BCUT2D eigenvalue weighted by molar-refractivity contribution is 7.17. The van der Waals surface area contributed by atoms with Gasteiger partial charge in [-0.15, -0.1) is 11.3 Å². The first kappa shape index (κ1) is 9.40. The second kappa shape index (κ2) is 3.20. The van der Waals surface area contributed by atoms with Crippen LogP contribution in [-0.2, 0) is 0 Å².